The number of rotatable bonds is 9. The van der Waals surface area contributed by atoms with Gasteiger partial charge in [0.25, 0.3) is 21.4 Å². The molecule has 0 atom stereocenters. The van der Waals surface area contributed by atoms with Crippen LogP contribution < -0.4 is 4.72 Å². The molecular formula is C21H17N3O10S2. The van der Waals surface area contributed by atoms with Crippen molar-refractivity contribution in [2.45, 2.75) is 15.5 Å². The van der Waals surface area contributed by atoms with E-state index in [-0.39, 0.29) is 38.0 Å². The summed E-state index contributed by atoms with van der Waals surface area (Å²) in [6.45, 7) is 0. The van der Waals surface area contributed by atoms with Gasteiger partial charge in [-0.3, -0.25) is 25.0 Å². The maximum absolute atomic E-state index is 13.0. The number of carbonyl (C=O) groups is 1. The van der Waals surface area contributed by atoms with Crippen LogP contribution in [0.15, 0.2) is 76.5 Å². The smallest absolute Gasteiger partial charge is 0.337 e. The van der Waals surface area contributed by atoms with E-state index in [2.05, 4.69) is 9.46 Å². The topological polar surface area (TPSA) is 193 Å². The van der Waals surface area contributed by atoms with Crippen LogP contribution in [-0.2, 0) is 30.4 Å². The Labute approximate surface area is 204 Å². The number of nitro benzene ring substituents is 2. The van der Waals surface area contributed by atoms with Gasteiger partial charge in [0.05, 0.1) is 43.8 Å². The van der Waals surface area contributed by atoms with Crippen LogP contribution in [-0.4, -0.2) is 39.8 Å². The van der Waals surface area contributed by atoms with Crippen LogP contribution in [0.2, 0.25) is 0 Å². The first kappa shape index (κ1) is 26.2. The number of sulfonamides is 1. The first-order valence-electron chi connectivity index (χ1n) is 9.80. The van der Waals surface area contributed by atoms with Gasteiger partial charge in [0.15, 0.2) is 9.84 Å². The number of methoxy groups -OCH3 is 1. The lowest BCUT2D eigenvalue weighted by Crippen LogP contribution is -2.16. The molecule has 3 rings (SSSR count). The van der Waals surface area contributed by atoms with Crippen molar-refractivity contribution in [1.82, 2.24) is 0 Å². The molecule has 0 aliphatic heterocycles. The molecule has 1 N–H and O–H groups in total. The van der Waals surface area contributed by atoms with Crippen LogP contribution in [0.5, 0.6) is 0 Å². The zero-order valence-corrected chi connectivity index (χ0v) is 20.0. The molecule has 0 heterocycles. The summed E-state index contributed by atoms with van der Waals surface area (Å²) >= 11 is 0. The molecule has 15 heteroatoms. The van der Waals surface area contributed by atoms with Gasteiger partial charge < -0.3 is 4.74 Å². The maximum Gasteiger partial charge on any atom is 0.337 e. The molecule has 0 amide bonds. The van der Waals surface area contributed by atoms with Crippen molar-refractivity contribution in [2.75, 3.05) is 11.8 Å². The van der Waals surface area contributed by atoms with E-state index >= 15 is 0 Å². The highest BCUT2D eigenvalue weighted by Gasteiger charge is 2.23. The van der Waals surface area contributed by atoms with Gasteiger partial charge in [0.1, 0.15) is 0 Å². The highest BCUT2D eigenvalue weighted by atomic mass is 32.2. The molecule has 36 heavy (non-hydrogen) atoms. The fraction of sp³-hybridized carbons (Fsp3) is 0.0952. The van der Waals surface area contributed by atoms with Gasteiger partial charge in [0, 0.05) is 24.3 Å². The highest BCUT2D eigenvalue weighted by molar-refractivity contribution is 7.92. The quantitative estimate of drug-likeness (QED) is 0.242. The second-order valence-electron chi connectivity index (χ2n) is 7.23. The lowest BCUT2D eigenvalue weighted by atomic mass is 10.1. The Bertz CT molecular complexity index is 1550. The molecule has 0 spiro atoms. The summed E-state index contributed by atoms with van der Waals surface area (Å²) in [5, 5.41) is 21.7. The number of benzene rings is 3. The molecule has 13 nitrogen and oxygen atoms in total. The van der Waals surface area contributed by atoms with Crippen LogP contribution >= 0.6 is 0 Å². The summed E-state index contributed by atoms with van der Waals surface area (Å²) in [6.07, 6.45) is 0. The summed E-state index contributed by atoms with van der Waals surface area (Å²) < 4.78 is 58.6. The van der Waals surface area contributed by atoms with Crippen molar-refractivity contribution >= 4 is 42.9 Å². The Morgan fingerprint density at radius 1 is 0.833 bits per heavy atom. The van der Waals surface area contributed by atoms with Crippen molar-refractivity contribution in [3.63, 3.8) is 0 Å². The van der Waals surface area contributed by atoms with E-state index in [4.69, 9.17) is 0 Å². The average Bonchev–Trinajstić information content (AvgIpc) is 2.84. The third kappa shape index (κ3) is 5.81. The van der Waals surface area contributed by atoms with Gasteiger partial charge in [-0.05, 0) is 48.0 Å². The standard InChI is InChI=1S/C21H17N3O10S2/c1-34-21(25)14-2-11-20(22-36(32,33)19-9-5-17(6-10-19)24(28)29)15(12-14)13-35(30,31)18-7-3-16(4-8-18)23(26)27/h2-12,22H,13H2,1H3. The van der Waals surface area contributed by atoms with Crippen LogP contribution in [0.3, 0.4) is 0 Å². The van der Waals surface area contributed by atoms with Gasteiger partial charge in [0.2, 0.25) is 0 Å². The summed E-state index contributed by atoms with van der Waals surface area (Å²) in [4.78, 5) is 31.7. The Morgan fingerprint density at radius 2 is 1.33 bits per heavy atom. The van der Waals surface area contributed by atoms with E-state index in [0.29, 0.717) is 0 Å². The molecule has 0 saturated heterocycles. The number of nitrogens with zero attached hydrogens (tertiary/aromatic N) is 2. The zero-order chi connectivity index (χ0) is 26.7. The van der Waals surface area contributed by atoms with Gasteiger partial charge >= 0.3 is 5.97 Å². The van der Waals surface area contributed by atoms with Crippen molar-refractivity contribution in [3.8, 4) is 0 Å². The molecule has 0 aliphatic rings. The van der Waals surface area contributed by atoms with E-state index in [1.54, 1.807) is 0 Å². The molecule has 188 valence electrons. The second kappa shape index (κ2) is 10.1. The molecular weight excluding hydrogens is 518 g/mol. The van der Waals surface area contributed by atoms with Crippen LogP contribution in [0, 0.1) is 20.2 Å². The van der Waals surface area contributed by atoms with E-state index < -0.39 is 41.4 Å². The largest absolute Gasteiger partial charge is 0.465 e. The number of nitrogens with one attached hydrogen (secondary N) is 1. The second-order valence-corrected chi connectivity index (χ2v) is 10.9. The molecule has 0 fully saturated rings. The van der Waals surface area contributed by atoms with E-state index in [0.717, 1.165) is 61.7 Å². The molecule has 0 radical (unpaired) electrons. The number of sulfone groups is 1. The maximum atomic E-state index is 13.0. The summed E-state index contributed by atoms with van der Waals surface area (Å²) in [7, 11) is -7.35. The lowest BCUT2D eigenvalue weighted by molar-refractivity contribution is -0.385. The zero-order valence-electron chi connectivity index (χ0n) is 18.4. The highest BCUT2D eigenvalue weighted by Crippen LogP contribution is 2.27. The molecule has 0 aliphatic carbocycles. The minimum atomic E-state index is -4.31. The van der Waals surface area contributed by atoms with E-state index in [1.807, 2.05) is 0 Å². The monoisotopic (exact) mass is 535 g/mol. The number of carbonyl (C=O) groups excluding carboxylic acids is 1. The summed E-state index contributed by atoms with van der Waals surface area (Å²) in [5.41, 5.74) is -0.984. The number of non-ortho nitro benzene ring substituents is 2. The number of anilines is 1. The third-order valence-electron chi connectivity index (χ3n) is 4.88. The van der Waals surface area contributed by atoms with E-state index in [9.17, 15) is 41.9 Å². The number of hydrogen-bond donors (Lipinski definition) is 1. The molecule has 3 aromatic carbocycles. The number of nitro groups is 2. The van der Waals surface area contributed by atoms with Crippen molar-refractivity contribution in [2.24, 2.45) is 0 Å². The molecule has 0 saturated carbocycles. The fourth-order valence-corrected chi connectivity index (χ4v) is 5.54. The van der Waals surface area contributed by atoms with Crippen molar-refractivity contribution in [1.29, 1.82) is 0 Å². The summed E-state index contributed by atoms with van der Waals surface area (Å²) in [6, 6.07) is 11.7. The van der Waals surface area contributed by atoms with Gasteiger partial charge in [-0.2, -0.15) is 0 Å². The normalized spacial score (nSPS) is 11.5. The number of hydrogen-bond acceptors (Lipinski definition) is 10. The number of esters is 1. The van der Waals surface area contributed by atoms with Gasteiger partial charge in [-0.25, -0.2) is 21.6 Å². The van der Waals surface area contributed by atoms with Crippen molar-refractivity contribution in [3.05, 3.63) is 98.1 Å². The van der Waals surface area contributed by atoms with Crippen molar-refractivity contribution < 1.29 is 36.2 Å². The minimum absolute atomic E-state index is 0.0512. The fourth-order valence-electron chi connectivity index (χ4n) is 3.07. The molecule has 0 unspecified atom stereocenters. The third-order valence-corrected chi connectivity index (χ3v) is 7.94. The average molecular weight is 536 g/mol. The first-order chi connectivity index (χ1) is 16.8. The Kier molecular flexibility index (Phi) is 7.35. The minimum Gasteiger partial charge on any atom is -0.465 e. The van der Waals surface area contributed by atoms with E-state index in [1.165, 1.54) is 12.1 Å². The predicted octanol–water partition coefficient (Wildman–Crippen LogP) is 3.06. The predicted molar refractivity (Wildman–Crippen MR) is 126 cm³/mol. The van der Waals surface area contributed by atoms with Crippen LogP contribution in [0.25, 0.3) is 0 Å². The Hall–Kier alpha value is -4.37. The molecule has 0 aromatic heterocycles. The summed E-state index contributed by atoms with van der Waals surface area (Å²) in [5.74, 6) is -1.57. The van der Waals surface area contributed by atoms with Crippen LogP contribution in [0.4, 0.5) is 17.1 Å². The Balaban J connectivity index is 2.01. The van der Waals surface area contributed by atoms with Gasteiger partial charge in [-0.15, -0.1) is 0 Å². The lowest BCUT2D eigenvalue weighted by Gasteiger charge is -2.14. The molecule has 3 aromatic rings. The number of ether oxygens (including phenoxy) is 1. The first-order valence-corrected chi connectivity index (χ1v) is 12.9. The molecule has 0 bridgehead atoms. The Morgan fingerprint density at radius 3 is 1.81 bits per heavy atom. The SMILES string of the molecule is COC(=O)c1ccc(NS(=O)(=O)c2ccc([N+](=O)[O-])cc2)c(CS(=O)(=O)c2ccc([N+](=O)[O-])cc2)c1. The van der Waals surface area contributed by atoms with Crippen LogP contribution in [0.1, 0.15) is 15.9 Å². The van der Waals surface area contributed by atoms with Gasteiger partial charge in [-0.1, -0.05) is 0 Å².